The van der Waals surface area contributed by atoms with Crippen LogP contribution in [0.4, 0.5) is 8.78 Å². The monoisotopic (exact) mass is 164 g/mol. The molecule has 1 atom stereocenters. The van der Waals surface area contributed by atoms with Gasteiger partial charge < -0.3 is 4.74 Å². The molecule has 0 radical (unpaired) electrons. The molecule has 1 saturated carbocycles. The molecule has 0 heterocycles. The molecule has 4 heteroatoms. The van der Waals surface area contributed by atoms with Gasteiger partial charge in [-0.15, -0.1) is 0 Å². The fourth-order valence-electron chi connectivity index (χ4n) is 1.17. The van der Waals surface area contributed by atoms with Gasteiger partial charge in [-0.2, -0.15) is 0 Å². The van der Waals surface area contributed by atoms with E-state index in [9.17, 15) is 13.6 Å². The van der Waals surface area contributed by atoms with Gasteiger partial charge in [0.15, 0.2) is 5.78 Å². The van der Waals surface area contributed by atoms with Gasteiger partial charge in [0.05, 0.1) is 0 Å². The van der Waals surface area contributed by atoms with Gasteiger partial charge in [0, 0.05) is 26.4 Å². The van der Waals surface area contributed by atoms with Crippen LogP contribution in [0.5, 0.6) is 0 Å². The number of ketones is 1. The minimum absolute atomic E-state index is 0.0640. The SMILES string of the molecule is COC1CC(F)(F)CCC1=O. The minimum Gasteiger partial charge on any atom is -0.373 e. The Morgan fingerprint density at radius 1 is 1.64 bits per heavy atom. The van der Waals surface area contributed by atoms with E-state index < -0.39 is 18.4 Å². The molecule has 1 rings (SSSR count). The van der Waals surface area contributed by atoms with Crippen molar-refractivity contribution < 1.29 is 18.3 Å². The van der Waals surface area contributed by atoms with E-state index in [1.807, 2.05) is 0 Å². The highest BCUT2D eigenvalue weighted by atomic mass is 19.3. The maximum absolute atomic E-state index is 12.6. The van der Waals surface area contributed by atoms with Crippen molar-refractivity contribution in [1.29, 1.82) is 0 Å². The maximum atomic E-state index is 12.6. The fourth-order valence-corrected chi connectivity index (χ4v) is 1.17. The summed E-state index contributed by atoms with van der Waals surface area (Å²) in [4.78, 5) is 10.9. The Kier molecular flexibility index (Phi) is 2.23. The van der Waals surface area contributed by atoms with E-state index in [0.717, 1.165) is 0 Å². The molecular weight excluding hydrogens is 154 g/mol. The average Bonchev–Trinajstić information content (AvgIpc) is 1.94. The van der Waals surface area contributed by atoms with Crippen molar-refractivity contribution in [2.75, 3.05) is 7.11 Å². The highest BCUT2D eigenvalue weighted by Gasteiger charge is 2.40. The van der Waals surface area contributed by atoms with Crippen molar-refractivity contribution in [3.8, 4) is 0 Å². The van der Waals surface area contributed by atoms with Crippen LogP contribution < -0.4 is 0 Å². The van der Waals surface area contributed by atoms with Crippen molar-refractivity contribution in [1.82, 2.24) is 0 Å². The van der Waals surface area contributed by atoms with Crippen molar-refractivity contribution in [2.45, 2.75) is 31.3 Å². The molecule has 2 nitrogen and oxygen atoms in total. The second-order valence-corrected chi connectivity index (χ2v) is 2.75. The van der Waals surface area contributed by atoms with Gasteiger partial charge in [0.2, 0.25) is 0 Å². The molecule has 1 aliphatic rings. The predicted molar refractivity (Wildman–Crippen MR) is 34.6 cm³/mol. The number of halogens is 2. The van der Waals surface area contributed by atoms with Crippen LogP contribution >= 0.6 is 0 Å². The first kappa shape index (κ1) is 8.59. The lowest BCUT2D eigenvalue weighted by Crippen LogP contribution is -2.37. The second-order valence-electron chi connectivity index (χ2n) is 2.75. The van der Waals surface area contributed by atoms with Crippen LogP contribution in [0.2, 0.25) is 0 Å². The first-order chi connectivity index (χ1) is 5.05. The summed E-state index contributed by atoms with van der Waals surface area (Å²) in [7, 11) is 1.28. The van der Waals surface area contributed by atoms with Gasteiger partial charge >= 0.3 is 0 Å². The summed E-state index contributed by atoms with van der Waals surface area (Å²) in [6, 6.07) is 0. The number of carbonyl (C=O) groups is 1. The molecule has 0 amide bonds. The lowest BCUT2D eigenvalue weighted by Gasteiger charge is -2.26. The molecule has 0 spiro atoms. The van der Waals surface area contributed by atoms with Gasteiger partial charge in [0.1, 0.15) is 6.10 Å². The smallest absolute Gasteiger partial charge is 0.251 e. The van der Waals surface area contributed by atoms with Crippen LogP contribution in [0.3, 0.4) is 0 Å². The highest BCUT2D eigenvalue weighted by molar-refractivity contribution is 5.84. The Balaban J connectivity index is 2.58. The summed E-state index contributed by atoms with van der Waals surface area (Å²) >= 11 is 0. The third kappa shape index (κ3) is 1.96. The third-order valence-corrected chi connectivity index (χ3v) is 1.86. The number of hydrogen-bond acceptors (Lipinski definition) is 2. The van der Waals surface area contributed by atoms with Gasteiger partial charge in [0.25, 0.3) is 5.92 Å². The van der Waals surface area contributed by atoms with Crippen LogP contribution in [-0.4, -0.2) is 24.9 Å². The number of rotatable bonds is 1. The summed E-state index contributed by atoms with van der Waals surface area (Å²) in [5, 5.41) is 0. The lowest BCUT2D eigenvalue weighted by molar-refractivity contribution is -0.145. The Labute approximate surface area is 63.5 Å². The van der Waals surface area contributed by atoms with Crippen molar-refractivity contribution in [3.05, 3.63) is 0 Å². The molecule has 0 saturated heterocycles. The molecule has 0 N–H and O–H groups in total. The molecule has 1 aliphatic carbocycles. The lowest BCUT2D eigenvalue weighted by atomic mass is 9.93. The van der Waals surface area contributed by atoms with Gasteiger partial charge in [-0.1, -0.05) is 0 Å². The molecule has 0 aliphatic heterocycles. The number of alkyl halides is 2. The quantitative estimate of drug-likeness (QED) is 0.585. The molecule has 64 valence electrons. The van der Waals surface area contributed by atoms with Crippen molar-refractivity contribution >= 4 is 5.78 Å². The molecule has 11 heavy (non-hydrogen) atoms. The largest absolute Gasteiger partial charge is 0.373 e. The van der Waals surface area contributed by atoms with Crippen LogP contribution in [-0.2, 0) is 9.53 Å². The third-order valence-electron chi connectivity index (χ3n) is 1.86. The normalized spacial score (nSPS) is 30.5. The summed E-state index contributed by atoms with van der Waals surface area (Å²) < 4.78 is 29.8. The van der Waals surface area contributed by atoms with Gasteiger partial charge in [-0.05, 0) is 0 Å². The minimum atomic E-state index is -2.71. The Bertz CT molecular complexity index is 168. The Morgan fingerprint density at radius 3 is 2.73 bits per heavy atom. The zero-order valence-corrected chi connectivity index (χ0v) is 6.27. The number of hydrogen-bond donors (Lipinski definition) is 0. The first-order valence-electron chi connectivity index (χ1n) is 3.48. The molecule has 1 fully saturated rings. The van der Waals surface area contributed by atoms with Gasteiger partial charge in [-0.25, -0.2) is 8.78 Å². The van der Waals surface area contributed by atoms with E-state index in [0.29, 0.717) is 0 Å². The Hall–Kier alpha value is -0.510. The summed E-state index contributed by atoms with van der Waals surface area (Å²) in [5.74, 6) is -2.92. The van der Waals surface area contributed by atoms with Crippen LogP contribution in [0, 0.1) is 0 Å². The number of carbonyl (C=O) groups excluding carboxylic acids is 1. The maximum Gasteiger partial charge on any atom is 0.251 e. The van der Waals surface area contributed by atoms with Crippen LogP contribution in [0.15, 0.2) is 0 Å². The fraction of sp³-hybridized carbons (Fsp3) is 0.857. The van der Waals surface area contributed by atoms with Crippen molar-refractivity contribution in [3.63, 3.8) is 0 Å². The number of Topliss-reactive ketones (excluding diaryl/α,β-unsaturated/α-hetero) is 1. The topological polar surface area (TPSA) is 26.3 Å². The van der Waals surface area contributed by atoms with E-state index in [1.165, 1.54) is 7.11 Å². The van der Waals surface area contributed by atoms with E-state index in [4.69, 9.17) is 0 Å². The molecule has 0 aromatic heterocycles. The first-order valence-corrected chi connectivity index (χ1v) is 3.48. The van der Waals surface area contributed by atoms with Crippen molar-refractivity contribution in [2.24, 2.45) is 0 Å². The summed E-state index contributed by atoms with van der Waals surface area (Å²) in [6.45, 7) is 0. The van der Waals surface area contributed by atoms with E-state index in [-0.39, 0.29) is 18.6 Å². The Morgan fingerprint density at radius 2 is 2.27 bits per heavy atom. The summed E-state index contributed by atoms with van der Waals surface area (Å²) in [6.07, 6.45) is -1.74. The zero-order valence-electron chi connectivity index (χ0n) is 6.27. The number of ether oxygens (including phenoxy) is 1. The van der Waals surface area contributed by atoms with E-state index in [2.05, 4.69) is 4.74 Å². The second kappa shape index (κ2) is 2.85. The molecule has 0 aromatic rings. The molecular formula is C7H10F2O2. The predicted octanol–water partition coefficient (Wildman–Crippen LogP) is 1.39. The molecule has 1 unspecified atom stereocenters. The van der Waals surface area contributed by atoms with E-state index in [1.54, 1.807) is 0 Å². The number of methoxy groups -OCH3 is 1. The standard InChI is InChI=1S/C7H10F2O2/c1-11-6-4-7(8,9)3-2-5(6)10/h6H,2-4H2,1H3. The van der Waals surface area contributed by atoms with Crippen LogP contribution in [0.25, 0.3) is 0 Å². The average molecular weight is 164 g/mol. The van der Waals surface area contributed by atoms with Gasteiger partial charge in [-0.3, -0.25) is 4.79 Å². The van der Waals surface area contributed by atoms with E-state index >= 15 is 0 Å². The highest BCUT2D eigenvalue weighted by Crippen LogP contribution is 2.32. The van der Waals surface area contributed by atoms with Crippen LogP contribution in [0.1, 0.15) is 19.3 Å². The molecule has 0 aromatic carbocycles. The summed E-state index contributed by atoms with van der Waals surface area (Å²) in [5.41, 5.74) is 0. The zero-order chi connectivity index (χ0) is 8.48. The molecule has 0 bridgehead atoms.